The summed E-state index contributed by atoms with van der Waals surface area (Å²) in [7, 11) is 0. The Labute approximate surface area is 155 Å². The van der Waals surface area contributed by atoms with Gasteiger partial charge in [0, 0.05) is 36.6 Å². The molecule has 4 aliphatic heterocycles. The van der Waals surface area contributed by atoms with Crippen LogP contribution in [0.15, 0.2) is 24.3 Å². The Morgan fingerprint density at radius 3 is 2.46 bits per heavy atom. The Hall–Kier alpha value is -1.59. The summed E-state index contributed by atoms with van der Waals surface area (Å²) in [5.74, 6) is 0. The van der Waals surface area contributed by atoms with Crippen LogP contribution < -0.4 is 5.32 Å². The van der Waals surface area contributed by atoms with Crippen LogP contribution in [0, 0.1) is 0 Å². The molecule has 1 aromatic carbocycles. The Kier molecular flexibility index (Phi) is 3.98. The molecule has 0 aliphatic carbocycles. The second-order valence-electron chi connectivity index (χ2n) is 8.78. The quantitative estimate of drug-likeness (QED) is 0.813. The number of benzene rings is 1. The highest BCUT2D eigenvalue weighted by Gasteiger charge is 2.47. The lowest BCUT2D eigenvalue weighted by atomic mass is 9.69. The number of carboxylic acid groups (broad SMARTS) is 1. The summed E-state index contributed by atoms with van der Waals surface area (Å²) in [5.41, 5.74) is 3.34. The highest BCUT2D eigenvalue weighted by atomic mass is 16.4. The first-order valence-corrected chi connectivity index (χ1v) is 10.2. The maximum absolute atomic E-state index is 11.5. The van der Waals surface area contributed by atoms with Crippen molar-refractivity contribution in [3.63, 3.8) is 0 Å². The van der Waals surface area contributed by atoms with Crippen molar-refractivity contribution in [1.29, 1.82) is 0 Å². The monoisotopic (exact) mass is 355 g/mol. The molecule has 1 amide bonds. The fraction of sp³-hybridized carbons (Fsp3) is 0.667. The van der Waals surface area contributed by atoms with Crippen LogP contribution in [0.3, 0.4) is 0 Å². The molecule has 140 valence electrons. The van der Waals surface area contributed by atoms with Gasteiger partial charge in [-0.25, -0.2) is 4.79 Å². The molecule has 0 saturated carbocycles. The van der Waals surface area contributed by atoms with E-state index in [1.54, 1.807) is 10.5 Å². The molecular formula is C21H29N3O2. The number of carbonyl (C=O) groups is 1. The number of fused-ring (bicyclic) bond motifs is 4. The number of hydrogen-bond donors (Lipinski definition) is 2. The van der Waals surface area contributed by atoms with Gasteiger partial charge in [-0.15, -0.1) is 0 Å². The van der Waals surface area contributed by atoms with Gasteiger partial charge in [-0.2, -0.15) is 0 Å². The number of amides is 1. The molecule has 5 nitrogen and oxygen atoms in total. The Bertz CT molecular complexity index is 684. The average Bonchev–Trinajstić information content (AvgIpc) is 2.93. The zero-order valence-electron chi connectivity index (χ0n) is 15.4. The molecule has 5 heteroatoms. The van der Waals surface area contributed by atoms with E-state index in [0.717, 1.165) is 51.9 Å². The van der Waals surface area contributed by atoms with Gasteiger partial charge in [0.2, 0.25) is 0 Å². The predicted molar refractivity (Wildman–Crippen MR) is 100 cm³/mol. The summed E-state index contributed by atoms with van der Waals surface area (Å²) in [4.78, 5) is 15.9. The van der Waals surface area contributed by atoms with Crippen LogP contribution >= 0.6 is 0 Å². The molecule has 2 N–H and O–H groups in total. The van der Waals surface area contributed by atoms with E-state index in [9.17, 15) is 9.90 Å². The van der Waals surface area contributed by atoms with E-state index < -0.39 is 6.09 Å². The van der Waals surface area contributed by atoms with E-state index in [1.807, 2.05) is 0 Å². The second-order valence-corrected chi connectivity index (χ2v) is 8.78. The van der Waals surface area contributed by atoms with E-state index in [-0.39, 0.29) is 12.1 Å². The molecule has 26 heavy (non-hydrogen) atoms. The molecule has 2 atom stereocenters. The third kappa shape index (κ3) is 2.55. The molecule has 3 saturated heterocycles. The van der Waals surface area contributed by atoms with Crippen molar-refractivity contribution in [2.75, 3.05) is 19.6 Å². The van der Waals surface area contributed by atoms with Crippen LogP contribution in [-0.4, -0.2) is 58.8 Å². The van der Waals surface area contributed by atoms with Gasteiger partial charge in [0.25, 0.3) is 0 Å². The Balaban J connectivity index is 1.28. The van der Waals surface area contributed by atoms with Crippen molar-refractivity contribution >= 4 is 6.09 Å². The standard InChI is InChI=1S/C21H29N3O2/c25-20(26)24-16-5-6-17(24)12-18(11-16)23-9-7-21(8-10-23)14-22-13-15-3-1-2-4-19(15)21/h1-4,16-18,22H,5-14H2,(H,25,26). The Morgan fingerprint density at radius 1 is 1.08 bits per heavy atom. The van der Waals surface area contributed by atoms with E-state index in [0.29, 0.717) is 11.5 Å². The number of hydrogen-bond acceptors (Lipinski definition) is 3. The van der Waals surface area contributed by atoms with Gasteiger partial charge in [-0.05, 0) is 62.7 Å². The number of nitrogens with one attached hydrogen (secondary N) is 1. The summed E-state index contributed by atoms with van der Waals surface area (Å²) < 4.78 is 0. The van der Waals surface area contributed by atoms with Gasteiger partial charge in [0.1, 0.15) is 0 Å². The third-order valence-corrected chi connectivity index (χ3v) is 7.57. The average molecular weight is 355 g/mol. The van der Waals surface area contributed by atoms with Crippen LogP contribution in [0.4, 0.5) is 4.79 Å². The first kappa shape index (κ1) is 16.6. The normalized spacial score (nSPS) is 33.2. The van der Waals surface area contributed by atoms with Gasteiger partial charge in [-0.3, -0.25) is 0 Å². The molecule has 2 bridgehead atoms. The van der Waals surface area contributed by atoms with Crippen molar-refractivity contribution in [2.24, 2.45) is 0 Å². The first-order valence-electron chi connectivity index (χ1n) is 10.2. The van der Waals surface area contributed by atoms with Crippen LogP contribution in [0.2, 0.25) is 0 Å². The van der Waals surface area contributed by atoms with Gasteiger partial charge in [0.05, 0.1) is 0 Å². The molecule has 0 radical (unpaired) electrons. The van der Waals surface area contributed by atoms with Gasteiger partial charge in [0.15, 0.2) is 0 Å². The number of rotatable bonds is 1. The zero-order chi connectivity index (χ0) is 17.7. The molecule has 2 unspecified atom stereocenters. The number of piperidine rings is 2. The van der Waals surface area contributed by atoms with Crippen molar-refractivity contribution in [1.82, 2.24) is 15.1 Å². The zero-order valence-corrected chi connectivity index (χ0v) is 15.4. The third-order valence-electron chi connectivity index (χ3n) is 7.57. The molecule has 4 aliphatic rings. The maximum Gasteiger partial charge on any atom is 0.407 e. The molecule has 3 fully saturated rings. The molecule has 5 rings (SSSR count). The SMILES string of the molecule is O=C(O)N1C2CCC1CC(N1CCC3(CC1)CNCc1ccccc13)C2. The molecule has 0 aromatic heterocycles. The van der Waals surface area contributed by atoms with Crippen molar-refractivity contribution in [2.45, 2.75) is 68.6 Å². The molecule has 4 heterocycles. The van der Waals surface area contributed by atoms with Gasteiger partial charge < -0.3 is 20.2 Å². The van der Waals surface area contributed by atoms with Crippen molar-refractivity contribution in [3.05, 3.63) is 35.4 Å². The van der Waals surface area contributed by atoms with Crippen LogP contribution in [0.1, 0.15) is 49.7 Å². The minimum Gasteiger partial charge on any atom is -0.465 e. The first-order chi connectivity index (χ1) is 12.7. The molecular weight excluding hydrogens is 326 g/mol. The highest BCUT2D eigenvalue weighted by Crippen LogP contribution is 2.42. The van der Waals surface area contributed by atoms with Crippen molar-refractivity contribution < 1.29 is 9.90 Å². The molecule has 1 spiro atoms. The lowest BCUT2D eigenvalue weighted by Gasteiger charge is -2.49. The summed E-state index contributed by atoms with van der Waals surface area (Å²) in [6.45, 7) is 4.39. The fourth-order valence-electron chi connectivity index (χ4n) is 6.25. The van der Waals surface area contributed by atoms with Crippen LogP contribution in [0.5, 0.6) is 0 Å². The van der Waals surface area contributed by atoms with E-state index >= 15 is 0 Å². The lowest BCUT2D eigenvalue weighted by Crippen LogP contribution is -2.56. The van der Waals surface area contributed by atoms with E-state index in [2.05, 4.69) is 34.5 Å². The largest absolute Gasteiger partial charge is 0.465 e. The summed E-state index contributed by atoms with van der Waals surface area (Å²) in [5, 5.41) is 13.1. The predicted octanol–water partition coefficient (Wildman–Crippen LogP) is 2.80. The van der Waals surface area contributed by atoms with E-state index in [1.165, 1.54) is 18.4 Å². The van der Waals surface area contributed by atoms with Gasteiger partial charge >= 0.3 is 6.09 Å². The second kappa shape index (κ2) is 6.24. The minimum atomic E-state index is -0.710. The minimum absolute atomic E-state index is 0.254. The number of nitrogens with zero attached hydrogens (tertiary/aromatic N) is 2. The van der Waals surface area contributed by atoms with Crippen molar-refractivity contribution in [3.8, 4) is 0 Å². The summed E-state index contributed by atoms with van der Waals surface area (Å²) in [6, 6.07) is 10.0. The topological polar surface area (TPSA) is 55.8 Å². The lowest BCUT2D eigenvalue weighted by molar-refractivity contribution is 0.0359. The van der Waals surface area contributed by atoms with Crippen LogP contribution in [0.25, 0.3) is 0 Å². The number of likely N-dealkylation sites (tertiary alicyclic amines) is 1. The van der Waals surface area contributed by atoms with E-state index in [4.69, 9.17) is 0 Å². The van der Waals surface area contributed by atoms with Gasteiger partial charge in [-0.1, -0.05) is 24.3 Å². The maximum atomic E-state index is 11.5. The van der Waals surface area contributed by atoms with Crippen LogP contribution in [-0.2, 0) is 12.0 Å². The fourth-order valence-corrected chi connectivity index (χ4v) is 6.25. The summed E-state index contributed by atoms with van der Waals surface area (Å²) in [6.07, 6.45) is 5.90. The molecule has 1 aromatic rings. The smallest absolute Gasteiger partial charge is 0.407 e. The highest BCUT2D eigenvalue weighted by molar-refractivity contribution is 5.66. The summed E-state index contributed by atoms with van der Waals surface area (Å²) >= 11 is 0. The Morgan fingerprint density at radius 2 is 1.77 bits per heavy atom.